The maximum absolute atomic E-state index is 13.7. The Morgan fingerprint density at radius 3 is 2.35 bits per heavy atom. The maximum atomic E-state index is 13.7. The Balaban J connectivity index is 2.03. The van der Waals surface area contributed by atoms with Gasteiger partial charge >= 0.3 is 5.97 Å². The third-order valence-electron chi connectivity index (χ3n) is 2.83. The first kappa shape index (κ1) is 14.0. The van der Waals surface area contributed by atoms with Crippen LogP contribution >= 0.6 is 0 Å². The fraction of sp³-hybridized carbons (Fsp3) is 0.133. The van der Waals surface area contributed by atoms with Crippen molar-refractivity contribution in [2.75, 3.05) is 0 Å². The van der Waals surface area contributed by atoms with Crippen LogP contribution in [0.3, 0.4) is 0 Å². The minimum absolute atomic E-state index is 0.143. The molecule has 2 aromatic carbocycles. The number of carboxylic acid groups (broad SMARTS) is 1. The fourth-order valence-electron chi connectivity index (χ4n) is 1.69. The van der Waals surface area contributed by atoms with Crippen molar-refractivity contribution in [2.24, 2.45) is 5.73 Å². The zero-order valence-corrected chi connectivity index (χ0v) is 10.7. The van der Waals surface area contributed by atoms with Crippen LogP contribution in [0, 0.1) is 5.82 Å². The molecule has 0 atom stereocenters. The second-order valence-electron chi connectivity index (χ2n) is 4.26. The Bertz CT molecular complexity index is 611. The predicted octanol–water partition coefficient (Wildman–Crippen LogP) is 2.56. The molecule has 0 unspecified atom stereocenters. The van der Waals surface area contributed by atoms with Crippen LogP contribution in [0.15, 0.2) is 42.5 Å². The zero-order chi connectivity index (χ0) is 14.5. The van der Waals surface area contributed by atoms with Gasteiger partial charge in [0.2, 0.25) is 0 Å². The van der Waals surface area contributed by atoms with E-state index in [1.165, 1.54) is 24.3 Å². The molecule has 2 aromatic rings. The molecule has 104 valence electrons. The van der Waals surface area contributed by atoms with Gasteiger partial charge in [-0.05, 0) is 35.4 Å². The SMILES string of the molecule is NCc1ccc(OCc2ccc(C(=O)O)cc2)c(F)c1. The summed E-state index contributed by atoms with van der Waals surface area (Å²) in [4.78, 5) is 10.7. The quantitative estimate of drug-likeness (QED) is 0.879. The Morgan fingerprint density at radius 1 is 1.15 bits per heavy atom. The highest BCUT2D eigenvalue weighted by atomic mass is 19.1. The molecule has 20 heavy (non-hydrogen) atoms. The van der Waals surface area contributed by atoms with E-state index in [-0.39, 0.29) is 24.5 Å². The van der Waals surface area contributed by atoms with Crippen LogP contribution in [0.25, 0.3) is 0 Å². The predicted molar refractivity (Wildman–Crippen MR) is 72.0 cm³/mol. The average molecular weight is 275 g/mol. The van der Waals surface area contributed by atoms with E-state index < -0.39 is 11.8 Å². The minimum Gasteiger partial charge on any atom is -0.486 e. The number of halogens is 1. The van der Waals surface area contributed by atoms with Gasteiger partial charge in [-0.1, -0.05) is 18.2 Å². The number of benzene rings is 2. The first-order chi connectivity index (χ1) is 9.60. The second kappa shape index (κ2) is 6.16. The first-order valence-electron chi connectivity index (χ1n) is 6.03. The number of aromatic carboxylic acids is 1. The smallest absolute Gasteiger partial charge is 0.335 e. The second-order valence-corrected chi connectivity index (χ2v) is 4.26. The van der Waals surface area contributed by atoms with Crippen molar-refractivity contribution in [1.82, 2.24) is 0 Å². The van der Waals surface area contributed by atoms with Gasteiger partial charge in [0.1, 0.15) is 6.61 Å². The molecule has 5 heteroatoms. The van der Waals surface area contributed by atoms with E-state index in [9.17, 15) is 9.18 Å². The molecule has 0 aliphatic heterocycles. The van der Waals surface area contributed by atoms with E-state index in [0.717, 1.165) is 5.56 Å². The Labute approximate surface area is 115 Å². The number of ether oxygens (including phenoxy) is 1. The number of carboxylic acids is 1. The standard InChI is InChI=1S/C15H14FNO3/c16-13-7-11(8-17)3-6-14(13)20-9-10-1-4-12(5-2-10)15(18)19/h1-7H,8-9,17H2,(H,18,19). The normalized spacial score (nSPS) is 10.3. The topological polar surface area (TPSA) is 72.5 Å². The lowest BCUT2D eigenvalue weighted by Gasteiger charge is -2.08. The number of carbonyl (C=O) groups is 1. The van der Waals surface area contributed by atoms with E-state index in [0.29, 0.717) is 5.56 Å². The van der Waals surface area contributed by atoms with Crippen molar-refractivity contribution in [3.8, 4) is 5.75 Å². The molecule has 0 fully saturated rings. The van der Waals surface area contributed by atoms with Crippen LogP contribution in [0.1, 0.15) is 21.5 Å². The Morgan fingerprint density at radius 2 is 1.80 bits per heavy atom. The summed E-state index contributed by atoms with van der Waals surface area (Å²) in [6.07, 6.45) is 0. The molecule has 0 heterocycles. The molecular formula is C15H14FNO3. The van der Waals surface area contributed by atoms with Gasteiger partial charge < -0.3 is 15.6 Å². The molecule has 0 aromatic heterocycles. The molecule has 0 aliphatic carbocycles. The monoisotopic (exact) mass is 275 g/mol. The van der Waals surface area contributed by atoms with Crippen molar-refractivity contribution in [3.05, 3.63) is 65.0 Å². The van der Waals surface area contributed by atoms with E-state index in [2.05, 4.69) is 0 Å². The molecule has 0 aliphatic rings. The molecule has 0 amide bonds. The summed E-state index contributed by atoms with van der Waals surface area (Å²) < 4.78 is 19.0. The summed E-state index contributed by atoms with van der Waals surface area (Å²) in [5, 5.41) is 8.78. The van der Waals surface area contributed by atoms with Crippen molar-refractivity contribution < 1.29 is 19.0 Å². The molecule has 2 rings (SSSR count). The van der Waals surface area contributed by atoms with Crippen molar-refractivity contribution in [2.45, 2.75) is 13.2 Å². The molecule has 0 saturated heterocycles. The van der Waals surface area contributed by atoms with E-state index in [4.69, 9.17) is 15.6 Å². The van der Waals surface area contributed by atoms with Crippen LogP contribution < -0.4 is 10.5 Å². The Hall–Kier alpha value is -2.40. The molecule has 0 radical (unpaired) electrons. The molecule has 4 nitrogen and oxygen atoms in total. The summed E-state index contributed by atoms with van der Waals surface area (Å²) in [6.45, 7) is 0.437. The number of rotatable bonds is 5. The van der Waals surface area contributed by atoms with Gasteiger partial charge in [0.15, 0.2) is 11.6 Å². The number of hydrogen-bond donors (Lipinski definition) is 2. The Kier molecular flexibility index (Phi) is 4.32. The van der Waals surface area contributed by atoms with Crippen LogP contribution in [-0.2, 0) is 13.2 Å². The summed E-state index contributed by atoms with van der Waals surface area (Å²) in [6, 6.07) is 10.8. The van der Waals surface area contributed by atoms with E-state index in [1.54, 1.807) is 18.2 Å². The lowest BCUT2D eigenvalue weighted by atomic mass is 10.1. The van der Waals surface area contributed by atoms with Crippen LogP contribution in [-0.4, -0.2) is 11.1 Å². The van der Waals surface area contributed by atoms with Gasteiger partial charge in [0.25, 0.3) is 0 Å². The summed E-state index contributed by atoms with van der Waals surface area (Å²) in [5.41, 5.74) is 7.07. The average Bonchev–Trinajstić information content (AvgIpc) is 2.46. The van der Waals surface area contributed by atoms with Crippen LogP contribution in [0.2, 0.25) is 0 Å². The molecular weight excluding hydrogens is 261 g/mol. The lowest BCUT2D eigenvalue weighted by Crippen LogP contribution is -2.01. The fourth-order valence-corrected chi connectivity index (χ4v) is 1.69. The maximum Gasteiger partial charge on any atom is 0.335 e. The molecule has 0 saturated carbocycles. The van der Waals surface area contributed by atoms with Crippen molar-refractivity contribution >= 4 is 5.97 Å². The van der Waals surface area contributed by atoms with Gasteiger partial charge in [-0.25, -0.2) is 9.18 Å². The number of nitrogens with two attached hydrogens (primary N) is 1. The third kappa shape index (κ3) is 3.33. The van der Waals surface area contributed by atoms with Crippen molar-refractivity contribution in [3.63, 3.8) is 0 Å². The summed E-state index contributed by atoms with van der Waals surface area (Å²) in [5.74, 6) is -1.31. The van der Waals surface area contributed by atoms with Gasteiger partial charge in [0, 0.05) is 6.54 Å². The molecule has 0 bridgehead atoms. The van der Waals surface area contributed by atoms with E-state index >= 15 is 0 Å². The van der Waals surface area contributed by atoms with Crippen LogP contribution in [0.5, 0.6) is 5.75 Å². The third-order valence-corrected chi connectivity index (χ3v) is 2.83. The van der Waals surface area contributed by atoms with Gasteiger partial charge in [-0.15, -0.1) is 0 Å². The summed E-state index contributed by atoms with van der Waals surface area (Å²) >= 11 is 0. The first-order valence-corrected chi connectivity index (χ1v) is 6.03. The van der Waals surface area contributed by atoms with Gasteiger partial charge in [-0.2, -0.15) is 0 Å². The largest absolute Gasteiger partial charge is 0.486 e. The van der Waals surface area contributed by atoms with Crippen molar-refractivity contribution in [1.29, 1.82) is 0 Å². The van der Waals surface area contributed by atoms with Gasteiger partial charge in [-0.3, -0.25) is 0 Å². The van der Waals surface area contributed by atoms with E-state index in [1.807, 2.05) is 0 Å². The lowest BCUT2D eigenvalue weighted by molar-refractivity contribution is 0.0697. The highest BCUT2D eigenvalue weighted by Crippen LogP contribution is 2.19. The highest BCUT2D eigenvalue weighted by Gasteiger charge is 2.06. The zero-order valence-electron chi connectivity index (χ0n) is 10.7. The van der Waals surface area contributed by atoms with Crippen LogP contribution in [0.4, 0.5) is 4.39 Å². The molecule has 0 spiro atoms. The number of hydrogen-bond acceptors (Lipinski definition) is 3. The summed E-state index contributed by atoms with van der Waals surface area (Å²) in [7, 11) is 0. The molecule has 3 N–H and O–H groups in total. The van der Waals surface area contributed by atoms with Gasteiger partial charge in [0.05, 0.1) is 5.56 Å². The minimum atomic E-state index is -0.985. The highest BCUT2D eigenvalue weighted by molar-refractivity contribution is 5.87.